The van der Waals surface area contributed by atoms with Crippen LogP contribution < -0.4 is 9.47 Å². The van der Waals surface area contributed by atoms with Crippen molar-refractivity contribution in [2.45, 2.75) is 45.1 Å². The number of hydrogen-bond donors (Lipinski definition) is 1. The maximum atomic E-state index is 10.7. The van der Waals surface area contributed by atoms with Crippen molar-refractivity contribution >= 4 is 11.6 Å². The van der Waals surface area contributed by atoms with Crippen LogP contribution in [0.4, 0.5) is 0 Å². The van der Waals surface area contributed by atoms with Gasteiger partial charge in [-0.25, -0.2) is 0 Å². The van der Waals surface area contributed by atoms with Gasteiger partial charge in [0.2, 0.25) is 0 Å². The minimum Gasteiger partial charge on any atom is -0.486 e. The van der Waals surface area contributed by atoms with Gasteiger partial charge in [-0.2, -0.15) is 0 Å². The number of ether oxygens (including phenoxy) is 2. The van der Waals surface area contributed by atoms with Crippen molar-refractivity contribution in [2.75, 3.05) is 13.2 Å². The molecule has 21 heavy (non-hydrogen) atoms. The summed E-state index contributed by atoms with van der Waals surface area (Å²) < 4.78 is 11.1. The van der Waals surface area contributed by atoms with Gasteiger partial charge in [0.15, 0.2) is 11.5 Å². The van der Waals surface area contributed by atoms with E-state index in [0.29, 0.717) is 35.7 Å². The largest absolute Gasteiger partial charge is 0.486 e. The molecular formula is C17H23ClO3. The average molecular weight is 311 g/mol. The second kappa shape index (κ2) is 6.45. The number of fused-ring (bicyclic) bond motifs is 1. The van der Waals surface area contributed by atoms with Gasteiger partial charge >= 0.3 is 0 Å². The van der Waals surface area contributed by atoms with Crippen LogP contribution in [0.2, 0.25) is 5.02 Å². The quantitative estimate of drug-likeness (QED) is 0.901. The molecule has 0 aromatic heterocycles. The third kappa shape index (κ3) is 3.14. The summed E-state index contributed by atoms with van der Waals surface area (Å²) in [7, 11) is 0. The fourth-order valence-electron chi connectivity index (χ4n) is 3.56. The molecule has 1 aliphatic heterocycles. The highest BCUT2D eigenvalue weighted by molar-refractivity contribution is 6.32. The monoisotopic (exact) mass is 310 g/mol. The summed E-state index contributed by atoms with van der Waals surface area (Å²) in [4.78, 5) is 0. The van der Waals surface area contributed by atoms with Crippen LogP contribution in [0.15, 0.2) is 12.1 Å². The zero-order valence-corrected chi connectivity index (χ0v) is 13.2. The maximum absolute atomic E-state index is 10.7. The van der Waals surface area contributed by atoms with E-state index >= 15 is 0 Å². The lowest BCUT2D eigenvalue weighted by Crippen LogP contribution is -2.22. The van der Waals surface area contributed by atoms with Gasteiger partial charge in [0.05, 0.1) is 11.1 Å². The molecule has 3 rings (SSSR count). The average Bonchev–Trinajstić information content (AvgIpc) is 2.54. The molecule has 4 heteroatoms. The van der Waals surface area contributed by atoms with Gasteiger partial charge in [0.1, 0.15) is 13.2 Å². The Hall–Kier alpha value is -0.930. The molecule has 0 amide bonds. The molecule has 3 unspecified atom stereocenters. The van der Waals surface area contributed by atoms with E-state index in [1.807, 2.05) is 12.1 Å². The Kier molecular flexibility index (Phi) is 4.60. The predicted octanol–water partition coefficient (Wildman–Crippen LogP) is 4.36. The van der Waals surface area contributed by atoms with Crippen LogP contribution in [0.25, 0.3) is 0 Å². The molecule has 0 bridgehead atoms. The number of aliphatic hydroxyl groups is 1. The molecular weight excluding hydrogens is 288 g/mol. The van der Waals surface area contributed by atoms with Gasteiger partial charge in [-0.3, -0.25) is 0 Å². The molecule has 1 aromatic rings. The first-order valence-electron chi connectivity index (χ1n) is 7.96. The summed E-state index contributed by atoms with van der Waals surface area (Å²) in [6.07, 6.45) is 5.42. The van der Waals surface area contributed by atoms with E-state index in [4.69, 9.17) is 21.1 Å². The lowest BCUT2D eigenvalue weighted by Gasteiger charge is -2.32. The lowest BCUT2D eigenvalue weighted by molar-refractivity contribution is 0.0672. The predicted molar refractivity (Wildman–Crippen MR) is 83.1 cm³/mol. The first-order chi connectivity index (χ1) is 10.2. The Morgan fingerprint density at radius 3 is 2.90 bits per heavy atom. The molecule has 3 nitrogen and oxygen atoms in total. The molecule has 1 N–H and O–H groups in total. The molecule has 2 aliphatic rings. The van der Waals surface area contributed by atoms with E-state index in [1.54, 1.807) is 0 Å². The van der Waals surface area contributed by atoms with Crippen molar-refractivity contribution in [1.82, 2.24) is 0 Å². The topological polar surface area (TPSA) is 38.7 Å². The van der Waals surface area contributed by atoms with E-state index < -0.39 is 6.10 Å². The van der Waals surface area contributed by atoms with Gasteiger partial charge in [-0.1, -0.05) is 37.8 Å². The van der Waals surface area contributed by atoms with Crippen molar-refractivity contribution in [2.24, 2.45) is 11.8 Å². The van der Waals surface area contributed by atoms with Gasteiger partial charge in [0, 0.05) is 0 Å². The number of rotatable bonds is 3. The Bertz CT molecular complexity index is 503. The number of benzene rings is 1. The highest BCUT2D eigenvalue weighted by Gasteiger charge is 2.29. The minimum absolute atomic E-state index is 0.322. The van der Waals surface area contributed by atoms with Crippen molar-refractivity contribution < 1.29 is 14.6 Å². The van der Waals surface area contributed by atoms with Crippen LogP contribution >= 0.6 is 11.6 Å². The minimum atomic E-state index is -0.465. The van der Waals surface area contributed by atoms with E-state index in [-0.39, 0.29) is 0 Å². The molecule has 1 heterocycles. The highest BCUT2D eigenvalue weighted by Crippen LogP contribution is 2.43. The smallest absolute Gasteiger partial charge is 0.179 e. The zero-order valence-electron chi connectivity index (χ0n) is 12.5. The summed E-state index contributed by atoms with van der Waals surface area (Å²) in [5.74, 6) is 2.33. The Labute approximate surface area is 131 Å². The molecule has 116 valence electrons. The van der Waals surface area contributed by atoms with Gasteiger partial charge in [0.25, 0.3) is 0 Å². The first-order valence-corrected chi connectivity index (χ1v) is 8.34. The third-order valence-corrected chi connectivity index (χ3v) is 5.09. The zero-order chi connectivity index (χ0) is 14.8. The van der Waals surface area contributed by atoms with Crippen molar-refractivity contribution in [3.8, 4) is 11.5 Å². The SMILES string of the molecule is CCC1CCCC(C(O)c2cc(Cl)c3c(c2)OCCO3)C1. The molecule has 1 aromatic carbocycles. The van der Waals surface area contributed by atoms with Crippen LogP contribution in [0, 0.1) is 11.8 Å². The van der Waals surface area contributed by atoms with Gasteiger partial charge in [-0.15, -0.1) is 0 Å². The van der Waals surface area contributed by atoms with Crippen molar-refractivity contribution in [3.63, 3.8) is 0 Å². The van der Waals surface area contributed by atoms with Gasteiger partial charge in [-0.05, 0) is 42.4 Å². The molecule has 1 aliphatic carbocycles. The fourth-order valence-corrected chi connectivity index (χ4v) is 3.84. The van der Waals surface area contributed by atoms with Crippen molar-refractivity contribution in [1.29, 1.82) is 0 Å². The molecule has 1 fully saturated rings. The second-order valence-electron chi connectivity index (χ2n) is 6.17. The van der Waals surface area contributed by atoms with E-state index in [2.05, 4.69) is 6.92 Å². The van der Waals surface area contributed by atoms with Crippen LogP contribution in [0.1, 0.15) is 50.7 Å². The lowest BCUT2D eigenvalue weighted by atomic mass is 9.76. The summed E-state index contributed by atoms with van der Waals surface area (Å²) in [6.45, 7) is 3.29. The van der Waals surface area contributed by atoms with Crippen LogP contribution in [-0.2, 0) is 0 Å². The molecule has 1 saturated carbocycles. The van der Waals surface area contributed by atoms with Gasteiger partial charge < -0.3 is 14.6 Å². The molecule has 0 saturated heterocycles. The number of halogens is 1. The Balaban J connectivity index is 1.81. The molecule has 3 atom stereocenters. The van der Waals surface area contributed by atoms with E-state index in [9.17, 15) is 5.11 Å². The van der Waals surface area contributed by atoms with Crippen LogP contribution in [0.3, 0.4) is 0 Å². The Morgan fingerprint density at radius 1 is 1.29 bits per heavy atom. The highest BCUT2D eigenvalue weighted by atomic mass is 35.5. The fraction of sp³-hybridized carbons (Fsp3) is 0.647. The number of aliphatic hydroxyl groups excluding tert-OH is 1. The summed E-state index contributed by atoms with van der Waals surface area (Å²) in [6, 6.07) is 3.72. The third-order valence-electron chi connectivity index (χ3n) is 4.81. The summed E-state index contributed by atoms with van der Waals surface area (Å²) in [5, 5.41) is 11.3. The molecule has 0 spiro atoms. The second-order valence-corrected chi connectivity index (χ2v) is 6.58. The van der Waals surface area contributed by atoms with Crippen LogP contribution in [0.5, 0.6) is 11.5 Å². The summed E-state index contributed by atoms with van der Waals surface area (Å²) in [5.41, 5.74) is 0.853. The maximum Gasteiger partial charge on any atom is 0.179 e. The number of hydrogen-bond acceptors (Lipinski definition) is 3. The normalized spacial score (nSPS) is 26.4. The molecule has 0 radical (unpaired) electrons. The van der Waals surface area contributed by atoms with E-state index in [0.717, 1.165) is 24.3 Å². The first kappa shape index (κ1) is 15.0. The van der Waals surface area contributed by atoms with Crippen molar-refractivity contribution in [3.05, 3.63) is 22.7 Å². The Morgan fingerprint density at radius 2 is 2.10 bits per heavy atom. The standard InChI is InChI=1S/C17H23ClO3/c1-2-11-4-3-5-12(8-11)16(19)13-9-14(18)17-15(10-13)20-6-7-21-17/h9-12,16,19H,2-8H2,1H3. The summed E-state index contributed by atoms with van der Waals surface area (Å²) >= 11 is 6.27. The van der Waals surface area contributed by atoms with E-state index in [1.165, 1.54) is 19.3 Å². The van der Waals surface area contributed by atoms with Crippen LogP contribution in [-0.4, -0.2) is 18.3 Å².